The number of sulfonamides is 1. The summed E-state index contributed by atoms with van der Waals surface area (Å²) in [7, 11) is -2.21. The normalized spacial score (nSPS) is 11.2. The van der Waals surface area contributed by atoms with Crippen LogP contribution in [0.2, 0.25) is 5.15 Å². The summed E-state index contributed by atoms with van der Waals surface area (Å²) in [6.07, 6.45) is 1.60. The molecule has 0 spiro atoms. The topological polar surface area (TPSA) is 79.4 Å². The second-order valence-electron chi connectivity index (χ2n) is 7.07. The summed E-state index contributed by atoms with van der Waals surface area (Å²) in [5.74, 6) is -0.316. The molecule has 0 atom stereocenters. The van der Waals surface area contributed by atoms with E-state index in [1.165, 1.54) is 4.90 Å². The van der Waals surface area contributed by atoms with E-state index in [2.05, 4.69) is 9.71 Å². The second-order valence-corrected chi connectivity index (χ2v) is 9.11. The number of carbonyl (C=O) groups is 1. The third-order valence-electron chi connectivity index (χ3n) is 4.59. The average molecular weight is 444 g/mol. The zero-order valence-electron chi connectivity index (χ0n) is 16.9. The molecule has 8 heteroatoms. The molecule has 0 fully saturated rings. The number of nitrogens with zero attached hydrogens (tertiary/aromatic N) is 2. The summed E-state index contributed by atoms with van der Waals surface area (Å²) in [4.78, 5) is 18.7. The van der Waals surface area contributed by atoms with Crippen molar-refractivity contribution < 1.29 is 13.2 Å². The van der Waals surface area contributed by atoms with Crippen LogP contribution in [-0.4, -0.2) is 31.3 Å². The smallest absolute Gasteiger partial charge is 0.262 e. The zero-order valence-corrected chi connectivity index (χ0v) is 18.5. The molecule has 0 aliphatic carbocycles. The van der Waals surface area contributed by atoms with E-state index in [1.54, 1.807) is 68.7 Å². The third-order valence-corrected chi connectivity index (χ3v) is 6.32. The fraction of sp³-hybridized carbons (Fsp3) is 0.182. The number of hydrogen-bond acceptors (Lipinski definition) is 4. The summed E-state index contributed by atoms with van der Waals surface area (Å²) >= 11 is 5.80. The van der Waals surface area contributed by atoms with Gasteiger partial charge in [0.05, 0.1) is 16.1 Å². The number of benzene rings is 2. The van der Waals surface area contributed by atoms with Crippen molar-refractivity contribution in [3.8, 4) is 0 Å². The fourth-order valence-corrected chi connectivity index (χ4v) is 4.53. The van der Waals surface area contributed by atoms with Crippen LogP contribution in [0.4, 0.5) is 5.69 Å². The first-order valence-corrected chi connectivity index (χ1v) is 11.1. The predicted molar refractivity (Wildman–Crippen MR) is 118 cm³/mol. The van der Waals surface area contributed by atoms with Crippen molar-refractivity contribution >= 4 is 33.2 Å². The van der Waals surface area contributed by atoms with Gasteiger partial charge in [-0.15, -0.1) is 0 Å². The molecule has 0 saturated heterocycles. The Kier molecular flexibility index (Phi) is 6.43. The molecule has 0 bridgehead atoms. The van der Waals surface area contributed by atoms with E-state index in [4.69, 9.17) is 11.6 Å². The number of nitrogens with one attached hydrogen (secondary N) is 1. The first-order valence-electron chi connectivity index (χ1n) is 9.22. The summed E-state index contributed by atoms with van der Waals surface area (Å²) in [6.45, 7) is 3.87. The van der Waals surface area contributed by atoms with E-state index in [-0.39, 0.29) is 22.1 Å². The lowest BCUT2D eigenvalue weighted by atomic mass is 10.1. The van der Waals surface area contributed by atoms with Crippen LogP contribution < -0.4 is 4.72 Å². The average Bonchev–Trinajstić information content (AvgIpc) is 2.71. The number of aromatic nitrogens is 1. The van der Waals surface area contributed by atoms with Crippen molar-refractivity contribution in [1.29, 1.82) is 0 Å². The molecule has 3 aromatic rings. The quantitative estimate of drug-likeness (QED) is 0.572. The zero-order chi connectivity index (χ0) is 21.9. The fourth-order valence-electron chi connectivity index (χ4n) is 3.01. The Morgan fingerprint density at radius 1 is 1.10 bits per heavy atom. The molecule has 1 heterocycles. The van der Waals surface area contributed by atoms with E-state index >= 15 is 0 Å². The highest BCUT2D eigenvalue weighted by Crippen LogP contribution is 2.24. The van der Waals surface area contributed by atoms with Gasteiger partial charge in [0.2, 0.25) is 0 Å². The van der Waals surface area contributed by atoms with Gasteiger partial charge in [0, 0.05) is 19.8 Å². The van der Waals surface area contributed by atoms with E-state index in [1.807, 2.05) is 13.0 Å². The molecule has 0 saturated carbocycles. The maximum Gasteiger partial charge on any atom is 0.262 e. The largest absolute Gasteiger partial charge is 0.337 e. The van der Waals surface area contributed by atoms with Gasteiger partial charge in [0.25, 0.3) is 15.9 Å². The number of para-hydroxylation sites is 1. The number of pyridine rings is 1. The number of halogens is 1. The van der Waals surface area contributed by atoms with Gasteiger partial charge in [0.15, 0.2) is 0 Å². The van der Waals surface area contributed by atoms with Crippen molar-refractivity contribution in [2.45, 2.75) is 25.3 Å². The molecule has 0 unspecified atom stereocenters. The highest BCUT2D eigenvalue weighted by molar-refractivity contribution is 7.92. The second kappa shape index (κ2) is 8.85. The van der Waals surface area contributed by atoms with E-state index in [0.29, 0.717) is 17.3 Å². The molecule has 1 N–H and O–H groups in total. The number of aryl methyl sites for hydroxylation is 2. The minimum absolute atomic E-state index is 0.186. The lowest BCUT2D eigenvalue weighted by Crippen LogP contribution is -2.27. The van der Waals surface area contributed by atoms with Crippen LogP contribution in [0, 0.1) is 13.8 Å². The number of carbonyl (C=O) groups excluding carboxylic acids is 1. The Balaban J connectivity index is 1.87. The van der Waals surface area contributed by atoms with Crippen LogP contribution >= 0.6 is 11.6 Å². The predicted octanol–water partition coefficient (Wildman–Crippen LogP) is 4.42. The molecule has 6 nitrogen and oxygen atoms in total. The number of rotatable bonds is 6. The molecular weight excluding hydrogens is 422 g/mol. The first kappa shape index (κ1) is 21.8. The maximum atomic E-state index is 13.0. The van der Waals surface area contributed by atoms with Crippen molar-refractivity contribution in [2.24, 2.45) is 0 Å². The minimum Gasteiger partial charge on any atom is -0.337 e. The van der Waals surface area contributed by atoms with Gasteiger partial charge in [-0.05, 0) is 54.8 Å². The van der Waals surface area contributed by atoms with Gasteiger partial charge in [0.1, 0.15) is 5.15 Å². The van der Waals surface area contributed by atoms with Crippen LogP contribution in [0.25, 0.3) is 0 Å². The van der Waals surface area contributed by atoms with E-state index in [0.717, 1.165) is 11.1 Å². The van der Waals surface area contributed by atoms with Crippen molar-refractivity contribution in [2.75, 3.05) is 11.8 Å². The third kappa shape index (κ3) is 4.98. The van der Waals surface area contributed by atoms with Crippen LogP contribution in [0.15, 0.2) is 65.7 Å². The summed E-state index contributed by atoms with van der Waals surface area (Å²) in [5, 5.41) is 0.374. The summed E-state index contributed by atoms with van der Waals surface area (Å²) in [5.41, 5.74) is 2.76. The standard InChI is InChI=1S/C22H22ClN3O3S/c1-15-8-9-16(2)20(12-15)30(28,29)25-19-7-5-4-6-18(19)22(27)26(3)14-17-10-11-21(23)24-13-17/h4-13,25H,14H2,1-3H3. The highest BCUT2D eigenvalue weighted by Gasteiger charge is 2.22. The van der Waals surface area contributed by atoms with Gasteiger partial charge in [-0.2, -0.15) is 0 Å². The van der Waals surface area contributed by atoms with Crippen LogP contribution in [0.1, 0.15) is 27.0 Å². The number of anilines is 1. The Morgan fingerprint density at radius 2 is 1.83 bits per heavy atom. The van der Waals surface area contributed by atoms with Crippen molar-refractivity contribution in [3.63, 3.8) is 0 Å². The van der Waals surface area contributed by atoms with Gasteiger partial charge in [-0.25, -0.2) is 13.4 Å². The minimum atomic E-state index is -3.86. The SMILES string of the molecule is Cc1ccc(C)c(S(=O)(=O)Nc2ccccc2C(=O)N(C)Cc2ccc(Cl)nc2)c1. The Bertz CT molecular complexity index is 1180. The van der Waals surface area contributed by atoms with E-state index < -0.39 is 10.0 Å². The molecule has 1 amide bonds. The molecule has 30 heavy (non-hydrogen) atoms. The Morgan fingerprint density at radius 3 is 2.53 bits per heavy atom. The molecule has 3 rings (SSSR count). The molecule has 156 valence electrons. The molecule has 1 aromatic heterocycles. The lowest BCUT2D eigenvalue weighted by molar-refractivity contribution is 0.0786. The molecule has 0 aliphatic heterocycles. The van der Waals surface area contributed by atoms with Crippen LogP contribution in [-0.2, 0) is 16.6 Å². The highest BCUT2D eigenvalue weighted by atomic mass is 35.5. The van der Waals surface area contributed by atoms with Gasteiger partial charge < -0.3 is 4.90 Å². The summed E-state index contributed by atoms with van der Waals surface area (Å²) in [6, 6.07) is 15.2. The van der Waals surface area contributed by atoms with Gasteiger partial charge >= 0.3 is 0 Å². The first-order chi connectivity index (χ1) is 14.2. The van der Waals surface area contributed by atoms with Crippen molar-refractivity contribution in [3.05, 3.63) is 88.2 Å². The monoisotopic (exact) mass is 443 g/mol. The maximum absolute atomic E-state index is 13.0. The molecular formula is C22H22ClN3O3S. The Labute approximate surface area is 181 Å². The lowest BCUT2D eigenvalue weighted by Gasteiger charge is -2.20. The van der Waals surface area contributed by atoms with Gasteiger partial charge in [-0.1, -0.05) is 41.9 Å². The molecule has 0 radical (unpaired) electrons. The Hall–Kier alpha value is -2.90. The number of amides is 1. The van der Waals surface area contributed by atoms with Gasteiger partial charge in [-0.3, -0.25) is 9.52 Å². The molecule has 2 aromatic carbocycles. The number of hydrogen-bond donors (Lipinski definition) is 1. The van der Waals surface area contributed by atoms with Crippen molar-refractivity contribution in [1.82, 2.24) is 9.88 Å². The van der Waals surface area contributed by atoms with Crippen LogP contribution in [0.5, 0.6) is 0 Å². The summed E-state index contributed by atoms with van der Waals surface area (Å²) < 4.78 is 28.5. The van der Waals surface area contributed by atoms with E-state index in [9.17, 15) is 13.2 Å². The molecule has 0 aliphatic rings. The van der Waals surface area contributed by atoms with Crippen LogP contribution in [0.3, 0.4) is 0 Å².